The lowest BCUT2D eigenvalue weighted by Gasteiger charge is -2.37. The molecule has 0 radical (unpaired) electrons. The van der Waals surface area contributed by atoms with Crippen molar-refractivity contribution in [1.29, 1.82) is 0 Å². The Bertz CT molecular complexity index is 1430. The summed E-state index contributed by atoms with van der Waals surface area (Å²) in [7, 11) is 0. The summed E-state index contributed by atoms with van der Waals surface area (Å²) in [5.41, 5.74) is -0.685. The minimum absolute atomic E-state index is 0.00878. The average molecular weight is 558 g/mol. The maximum Gasteiger partial charge on any atom is 0.177 e. The maximum absolute atomic E-state index is 14.8. The van der Waals surface area contributed by atoms with Crippen molar-refractivity contribution in [1.82, 2.24) is 14.8 Å². The molecule has 0 amide bonds. The van der Waals surface area contributed by atoms with Gasteiger partial charge in [-0.1, -0.05) is 48.9 Å². The monoisotopic (exact) mass is 557 g/mol. The van der Waals surface area contributed by atoms with Crippen LogP contribution in [0, 0.1) is 11.6 Å². The molecule has 4 aromatic rings. The van der Waals surface area contributed by atoms with E-state index in [9.17, 15) is 13.9 Å². The number of nitrogens with zero attached hydrogens (tertiary/aromatic N) is 3. The van der Waals surface area contributed by atoms with Gasteiger partial charge in [-0.15, -0.1) is 11.8 Å². The van der Waals surface area contributed by atoms with Gasteiger partial charge >= 0.3 is 0 Å². The second-order valence-corrected chi connectivity index (χ2v) is 11.3. The van der Waals surface area contributed by atoms with Gasteiger partial charge in [-0.05, 0) is 46.7 Å². The van der Waals surface area contributed by atoms with Crippen LogP contribution in [0.4, 0.5) is 8.78 Å². The van der Waals surface area contributed by atoms with Gasteiger partial charge in [0.1, 0.15) is 29.9 Å². The Labute approximate surface area is 228 Å². The summed E-state index contributed by atoms with van der Waals surface area (Å²) in [6.07, 6.45) is 6.08. The van der Waals surface area contributed by atoms with Gasteiger partial charge in [-0.2, -0.15) is 5.10 Å². The number of thioether (sulfide) groups is 1. The predicted molar refractivity (Wildman–Crippen MR) is 145 cm³/mol. The van der Waals surface area contributed by atoms with Crippen LogP contribution in [-0.4, -0.2) is 49.9 Å². The quantitative estimate of drug-likeness (QED) is 0.294. The first-order valence-corrected chi connectivity index (χ1v) is 13.4. The summed E-state index contributed by atoms with van der Waals surface area (Å²) in [5.74, 6) is -1.53. The Balaban J connectivity index is 1.23. The molecule has 198 valence electrons. The Morgan fingerprint density at radius 2 is 1.89 bits per heavy atom. The summed E-state index contributed by atoms with van der Waals surface area (Å²) in [6.45, 7) is 2.50. The fraction of sp³-hybridized carbons (Fsp3) is 0.286. The molecular weight excluding hydrogens is 532 g/mol. The van der Waals surface area contributed by atoms with E-state index in [2.05, 4.69) is 16.1 Å². The van der Waals surface area contributed by atoms with E-state index < -0.39 is 28.8 Å². The fourth-order valence-electron chi connectivity index (χ4n) is 4.45. The molecule has 0 spiro atoms. The highest BCUT2D eigenvalue weighted by Gasteiger charge is 2.41. The first-order chi connectivity index (χ1) is 18.3. The molecule has 6 nitrogen and oxygen atoms in total. The van der Waals surface area contributed by atoms with Gasteiger partial charge in [-0.3, -0.25) is 0 Å². The van der Waals surface area contributed by atoms with Crippen molar-refractivity contribution in [2.45, 2.75) is 35.9 Å². The topological polar surface area (TPSA) is 69.4 Å². The molecule has 10 heteroatoms. The van der Waals surface area contributed by atoms with Crippen LogP contribution in [0.3, 0.4) is 0 Å². The standard InChI is InChI=1S/C28H26ClF2N3O3S/c1-18(28(35,15-34-17-32-16-33-34)25-8-7-23(30)12-26(25)31)38-24-13-36-27(37-14-24)9-3-19-2-4-21-11-22(29)6-5-20(21)10-19/h2-12,16-18,24,27,35H,13-15H2,1H3. The fourth-order valence-corrected chi connectivity index (χ4v) is 5.95. The van der Waals surface area contributed by atoms with E-state index in [1.807, 2.05) is 42.5 Å². The zero-order valence-corrected chi connectivity index (χ0v) is 22.1. The molecule has 1 N–H and O–H groups in total. The molecule has 1 aromatic heterocycles. The van der Waals surface area contributed by atoms with E-state index in [0.29, 0.717) is 18.2 Å². The number of halogens is 3. The van der Waals surface area contributed by atoms with Crippen LogP contribution in [-0.2, 0) is 21.6 Å². The highest BCUT2D eigenvalue weighted by molar-refractivity contribution is 8.00. The van der Waals surface area contributed by atoms with E-state index in [0.717, 1.165) is 28.5 Å². The van der Waals surface area contributed by atoms with Gasteiger partial charge in [0.25, 0.3) is 0 Å². The van der Waals surface area contributed by atoms with Crippen LogP contribution in [0.5, 0.6) is 0 Å². The summed E-state index contributed by atoms with van der Waals surface area (Å²) >= 11 is 7.48. The van der Waals surface area contributed by atoms with Crippen molar-refractivity contribution in [2.75, 3.05) is 13.2 Å². The normalized spacial score (nSPS) is 20.6. The lowest BCUT2D eigenvalue weighted by Crippen LogP contribution is -2.43. The molecule has 1 saturated heterocycles. The van der Waals surface area contributed by atoms with E-state index in [4.69, 9.17) is 21.1 Å². The lowest BCUT2D eigenvalue weighted by atomic mass is 9.90. The first kappa shape index (κ1) is 26.8. The number of fused-ring (bicyclic) bond motifs is 1. The van der Waals surface area contributed by atoms with Crippen molar-refractivity contribution in [3.63, 3.8) is 0 Å². The minimum atomic E-state index is -1.69. The molecular formula is C28H26ClF2N3O3S. The van der Waals surface area contributed by atoms with Crippen molar-refractivity contribution in [2.24, 2.45) is 0 Å². The third-order valence-corrected chi connectivity index (χ3v) is 8.19. The summed E-state index contributed by atoms with van der Waals surface area (Å²) in [4.78, 5) is 3.91. The number of rotatable bonds is 8. The van der Waals surface area contributed by atoms with Crippen LogP contribution in [0.1, 0.15) is 18.1 Å². The number of benzene rings is 3. The van der Waals surface area contributed by atoms with Gasteiger partial charge in [0, 0.05) is 21.9 Å². The molecule has 38 heavy (non-hydrogen) atoms. The van der Waals surface area contributed by atoms with Crippen LogP contribution in [0.25, 0.3) is 16.8 Å². The van der Waals surface area contributed by atoms with E-state index in [1.165, 1.54) is 35.2 Å². The number of hydrogen-bond donors (Lipinski definition) is 1. The minimum Gasteiger partial charge on any atom is -0.382 e. The molecule has 1 aliphatic rings. The molecule has 0 bridgehead atoms. The summed E-state index contributed by atoms with van der Waals surface area (Å²) < 4.78 is 41.6. The number of ether oxygens (including phenoxy) is 2. The maximum atomic E-state index is 14.8. The van der Waals surface area contributed by atoms with Crippen molar-refractivity contribution < 1.29 is 23.4 Å². The zero-order chi connectivity index (χ0) is 26.7. The Hall–Kier alpha value is -2.82. The number of aliphatic hydroxyl groups is 1. The molecule has 0 saturated carbocycles. The Morgan fingerprint density at radius 3 is 2.63 bits per heavy atom. The van der Waals surface area contributed by atoms with Crippen molar-refractivity contribution >= 4 is 40.2 Å². The molecule has 1 fully saturated rings. The van der Waals surface area contributed by atoms with Crippen LogP contribution in [0.2, 0.25) is 5.02 Å². The largest absolute Gasteiger partial charge is 0.382 e. The Morgan fingerprint density at radius 1 is 1.13 bits per heavy atom. The first-order valence-electron chi connectivity index (χ1n) is 12.1. The molecule has 2 heterocycles. The number of aromatic nitrogens is 3. The zero-order valence-electron chi connectivity index (χ0n) is 20.5. The Kier molecular flexibility index (Phi) is 8.11. The summed E-state index contributed by atoms with van der Waals surface area (Å²) in [5, 5.41) is 18.0. The highest BCUT2D eigenvalue weighted by atomic mass is 35.5. The molecule has 5 rings (SSSR count). The SMILES string of the molecule is CC(SC1COC(C=Cc2ccc3cc(Cl)ccc3c2)OC1)C(O)(Cn1cncn1)c1ccc(F)cc1F. The van der Waals surface area contributed by atoms with Gasteiger partial charge in [0.05, 0.1) is 25.0 Å². The number of hydrogen-bond acceptors (Lipinski definition) is 6. The van der Waals surface area contributed by atoms with Crippen molar-refractivity contribution in [3.8, 4) is 0 Å². The average Bonchev–Trinajstić information content (AvgIpc) is 3.41. The van der Waals surface area contributed by atoms with Crippen LogP contribution >= 0.6 is 23.4 Å². The molecule has 0 aliphatic carbocycles. The van der Waals surface area contributed by atoms with E-state index >= 15 is 0 Å². The molecule has 3 aromatic carbocycles. The third kappa shape index (κ3) is 6.08. The molecule has 1 aliphatic heterocycles. The second-order valence-electron chi connectivity index (χ2n) is 9.19. The van der Waals surface area contributed by atoms with Crippen LogP contribution in [0.15, 0.2) is 73.3 Å². The van der Waals surface area contributed by atoms with Gasteiger partial charge < -0.3 is 14.6 Å². The molecule has 2 unspecified atom stereocenters. The summed E-state index contributed by atoms with van der Waals surface area (Å²) in [6, 6.07) is 15.0. The van der Waals surface area contributed by atoms with E-state index in [-0.39, 0.29) is 17.4 Å². The lowest BCUT2D eigenvalue weighted by molar-refractivity contribution is -0.146. The van der Waals surface area contributed by atoms with Crippen LogP contribution < -0.4 is 0 Å². The third-order valence-electron chi connectivity index (χ3n) is 6.50. The van der Waals surface area contributed by atoms with Gasteiger partial charge in [0.2, 0.25) is 0 Å². The van der Waals surface area contributed by atoms with Gasteiger partial charge in [-0.25, -0.2) is 18.4 Å². The highest BCUT2D eigenvalue weighted by Crippen LogP contribution is 2.38. The van der Waals surface area contributed by atoms with Gasteiger partial charge in [0.15, 0.2) is 6.29 Å². The van der Waals surface area contributed by atoms with Crippen molar-refractivity contribution in [3.05, 3.63) is 101 Å². The van der Waals surface area contributed by atoms with E-state index in [1.54, 1.807) is 6.92 Å². The second kappa shape index (κ2) is 11.5. The molecule has 2 atom stereocenters. The smallest absolute Gasteiger partial charge is 0.177 e. The predicted octanol–water partition coefficient (Wildman–Crippen LogP) is 5.83.